The zero-order valence-electron chi connectivity index (χ0n) is 17.7. The van der Waals surface area contributed by atoms with Crippen molar-refractivity contribution in [1.29, 1.82) is 0 Å². The average Bonchev–Trinajstić information content (AvgIpc) is 3.25. The quantitative estimate of drug-likeness (QED) is 0.405. The van der Waals surface area contributed by atoms with Crippen LogP contribution in [0.2, 0.25) is 0 Å². The summed E-state index contributed by atoms with van der Waals surface area (Å²) in [6.45, 7) is 2.48. The maximum atomic E-state index is 13.6. The van der Waals surface area contributed by atoms with Crippen molar-refractivity contribution in [3.05, 3.63) is 77.6 Å². The van der Waals surface area contributed by atoms with Gasteiger partial charge in [-0.2, -0.15) is 0 Å². The number of carbonyl (C=O) groups excluding carboxylic acids is 1. The first-order valence-corrected chi connectivity index (χ1v) is 10.8. The highest BCUT2D eigenvalue weighted by molar-refractivity contribution is 7.22. The molecule has 4 aromatic rings. The fourth-order valence-corrected chi connectivity index (χ4v) is 4.31. The number of carbonyl (C=O) groups is 1. The van der Waals surface area contributed by atoms with Crippen LogP contribution in [-0.4, -0.2) is 30.1 Å². The van der Waals surface area contributed by atoms with Gasteiger partial charge in [-0.05, 0) is 47.9 Å². The van der Waals surface area contributed by atoms with Gasteiger partial charge >= 0.3 is 0 Å². The molecule has 2 aromatic heterocycles. The summed E-state index contributed by atoms with van der Waals surface area (Å²) in [6.07, 6.45) is 4.42. The largest absolute Gasteiger partial charge is 0.497 e. The molecule has 1 amide bonds. The van der Waals surface area contributed by atoms with Crippen LogP contribution in [0.1, 0.15) is 28.4 Å². The Bertz CT molecular complexity index is 1190. The molecule has 0 unspecified atom stereocenters. The third-order valence-electron chi connectivity index (χ3n) is 4.99. The smallest absolute Gasteiger partial charge is 0.260 e. The summed E-state index contributed by atoms with van der Waals surface area (Å²) in [7, 11) is 3.13. The van der Waals surface area contributed by atoms with Gasteiger partial charge in [-0.3, -0.25) is 14.7 Å². The Kier molecular flexibility index (Phi) is 6.13. The van der Waals surface area contributed by atoms with Crippen LogP contribution in [0.25, 0.3) is 10.2 Å². The minimum Gasteiger partial charge on any atom is -0.497 e. The fourth-order valence-electron chi connectivity index (χ4n) is 3.28. The van der Waals surface area contributed by atoms with Crippen LogP contribution in [0.15, 0.2) is 60.9 Å². The molecule has 6 nitrogen and oxygen atoms in total. The first-order valence-electron chi connectivity index (χ1n) is 9.94. The second-order valence-electron chi connectivity index (χ2n) is 7.01. The van der Waals surface area contributed by atoms with Crippen molar-refractivity contribution in [1.82, 2.24) is 9.97 Å². The van der Waals surface area contributed by atoms with Gasteiger partial charge in [0.15, 0.2) is 5.13 Å². The molecule has 0 N–H and O–H groups in total. The van der Waals surface area contributed by atoms with E-state index < -0.39 is 0 Å². The zero-order chi connectivity index (χ0) is 21.8. The molecule has 0 aliphatic rings. The van der Waals surface area contributed by atoms with Crippen molar-refractivity contribution in [2.75, 3.05) is 19.1 Å². The molecule has 7 heteroatoms. The highest BCUT2D eigenvalue weighted by Gasteiger charge is 2.23. The number of ether oxygens (including phenoxy) is 2. The molecule has 2 heterocycles. The molecule has 158 valence electrons. The van der Waals surface area contributed by atoms with Crippen molar-refractivity contribution >= 4 is 32.6 Å². The maximum Gasteiger partial charge on any atom is 0.260 e. The van der Waals surface area contributed by atoms with Gasteiger partial charge in [0.25, 0.3) is 5.91 Å². The van der Waals surface area contributed by atoms with Gasteiger partial charge in [0.05, 0.1) is 31.0 Å². The molecule has 0 aliphatic carbocycles. The first kappa shape index (κ1) is 20.8. The highest BCUT2D eigenvalue weighted by atomic mass is 32.1. The summed E-state index contributed by atoms with van der Waals surface area (Å²) in [5, 5.41) is 0.638. The Morgan fingerprint density at radius 3 is 2.45 bits per heavy atom. The molecule has 0 spiro atoms. The second-order valence-corrected chi connectivity index (χ2v) is 8.02. The van der Waals surface area contributed by atoms with E-state index in [-0.39, 0.29) is 5.91 Å². The van der Waals surface area contributed by atoms with E-state index in [2.05, 4.69) is 24.0 Å². The van der Waals surface area contributed by atoms with Crippen molar-refractivity contribution < 1.29 is 14.3 Å². The van der Waals surface area contributed by atoms with Crippen LogP contribution in [0.4, 0.5) is 5.13 Å². The minimum atomic E-state index is -0.184. The predicted octanol–water partition coefficient (Wildman–Crippen LogP) is 5.12. The number of aryl methyl sites for hydroxylation is 1. The van der Waals surface area contributed by atoms with E-state index >= 15 is 0 Å². The van der Waals surface area contributed by atoms with E-state index in [1.807, 2.05) is 18.2 Å². The van der Waals surface area contributed by atoms with Crippen LogP contribution >= 0.6 is 11.3 Å². The number of hydrogen-bond acceptors (Lipinski definition) is 6. The number of benzene rings is 2. The molecule has 0 aliphatic heterocycles. The van der Waals surface area contributed by atoms with Gasteiger partial charge in [-0.25, -0.2) is 4.98 Å². The fraction of sp³-hybridized carbons (Fsp3) is 0.208. The molecular formula is C24H23N3O3S. The number of aromatic nitrogens is 2. The number of hydrogen-bond donors (Lipinski definition) is 0. The van der Waals surface area contributed by atoms with E-state index in [4.69, 9.17) is 14.5 Å². The topological polar surface area (TPSA) is 64.6 Å². The molecule has 0 saturated carbocycles. The van der Waals surface area contributed by atoms with E-state index in [0.717, 1.165) is 22.2 Å². The maximum absolute atomic E-state index is 13.6. The van der Waals surface area contributed by atoms with Crippen molar-refractivity contribution in [2.45, 2.75) is 19.9 Å². The van der Waals surface area contributed by atoms with Crippen LogP contribution in [0.3, 0.4) is 0 Å². The molecule has 0 bridgehead atoms. The molecule has 4 rings (SSSR count). The number of methoxy groups -OCH3 is 2. The van der Waals surface area contributed by atoms with Gasteiger partial charge in [-0.1, -0.05) is 30.4 Å². The summed E-state index contributed by atoms with van der Waals surface area (Å²) < 4.78 is 11.8. The molecule has 0 radical (unpaired) electrons. The van der Waals surface area contributed by atoms with Crippen molar-refractivity contribution in [3.8, 4) is 11.5 Å². The third-order valence-corrected chi connectivity index (χ3v) is 6.03. The molecule has 0 fully saturated rings. The predicted molar refractivity (Wildman–Crippen MR) is 123 cm³/mol. The monoisotopic (exact) mass is 433 g/mol. The Morgan fingerprint density at radius 2 is 1.81 bits per heavy atom. The summed E-state index contributed by atoms with van der Waals surface area (Å²) in [6, 6.07) is 15.2. The Morgan fingerprint density at radius 1 is 1.03 bits per heavy atom. The molecule has 0 saturated heterocycles. The normalized spacial score (nSPS) is 10.8. The lowest BCUT2D eigenvalue weighted by Gasteiger charge is -2.20. The molecule has 2 aromatic carbocycles. The molecule has 0 atom stereocenters. The summed E-state index contributed by atoms with van der Waals surface area (Å²) in [5.74, 6) is 0.928. The number of rotatable bonds is 7. The van der Waals surface area contributed by atoms with E-state index in [0.29, 0.717) is 28.7 Å². The standard InChI is InChI=1S/C24H23N3O3S/c1-4-16-7-8-21-22(10-16)31-24(26-21)27(15-17-6-5-9-25-14-17)23(28)18-11-19(29-2)13-20(12-18)30-3/h5-14H,4,15H2,1-3H3. The second kappa shape index (κ2) is 9.14. The molecular weight excluding hydrogens is 410 g/mol. The van der Waals surface area contributed by atoms with Gasteiger partial charge in [0.2, 0.25) is 0 Å². The number of pyridine rings is 1. The summed E-state index contributed by atoms with van der Waals surface area (Å²) in [4.78, 5) is 24.3. The highest BCUT2D eigenvalue weighted by Crippen LogP contribution is 2.32. The van der Waals surface area contributed by atoms with Gasteiger partial charge < -0.3 is 9.47 Å². The SMILES string of the molecule is CCc1ccc2nc(N(Cc3cccnc3)C(=O)c3cc(OC)cc(OC)c3)sc2c1. The first-order chi connectivity index (χ1) is 15.1. The minimum absolute atomic E-state index is 0.184. The number of nitrogens with zero attached hydrogens (tertiary/aromatic N) is 3. The van der Waals surface area contributed by atoms with Gasteiger partial charge in [-0.15, -0.1) is 0 Å². The van der Waals surface area contributed by atoms with Crippen LogP contribution in [-0.2, 0) is 13.0 Å². The van der Waals surface area contributed by atoms with Crippen LogP contribution in [0, 0.1) is 0 Å². The molecule has 31 heavy (non-hydrogen) atoms. The van der Waals surface area contributed by atoms with Crippen LogP contribution < -0.4 is 14.4 Å². The average molecular weight is 434 g/mol. The van der Waals surface area contributed by atoms with Crippen molar-refractivity contribution in [2.24, 2.45) is 0 Å². The van der Waals surface area contributed by atoms with E-state index in [9.17, 15) is 4.79 Å². The summed E-state index contributed by atoms with van der Waals surface area (Å²) in [5.41, 5.74) is 3.50. The lowest BCUT2D eigenvalue weighted by atomic mass is 10.1. The lowest BCUT2D eigenvalue weighted by Crippen LogP contribution is -2.30. The number of amides is 1. The number of anilines is 1. The summed E-state index contributed by atoms with van der Waals surface area (Å²) >= 11 is 1.51. The van der Waals surface area contributed by atoms with Crippen LogP contribution in [0.5, 0.6) is 11.5 Å². The Labute approximate surface area is 185 Å². The third kappa shape index (κ3) is 4.51. The van der Waals surface area contributed by atoms with Crippen molar-refractivity contribution in [3.63, 3.8) is 0 Å². The van der Waals surface area contributed by atoms with E-state index in [1.165, 1.54) is 16.9 Å². The van der Waals surface area contributed by atoms with Gasteiger partial charge in [0, 0.05) is 24.0 Å². The number of fused-ring (bicyclic) bond motifs is 1. The van der Waals surface area contributed by atoms with Gasteiger partial charge in [0.1, 0.15) is 11.5 Å². The Balaban J connectivity index is 1.78. The number of thiazole rings is 1. The van der Waals surface area contributed by atoms with E-state index in [1.54, 1.807) is 49.7 Å². The lowest BCUT2D eigenvalue weighted by molar-refractivity contribution is 0.0984. The Hall–Kier alpha value is -3.45. The zero-order valence-corrected chi connectivity index (χ0v) is 18.5.